The van der Waals surface area contributed by atoms with Crippen LogP contribution in [0.3, 0.4) is 0 Å². The summed E-state index contributed by atoms with van der Waals surface area (Å²) in [6.45, 7) is 1.96. The van der Waals surface area contributed by atoms with Crippen LogP contribution in [0.4, 0.5) is 5.13 Å². The summed E-state index contributed by atoms with van der Waals surface area (Å²) in [5.74, 6) is -0.447. The topological polar surface area (TPSA) is 89.2 Å². The van der Waals surface area contributed by atoms with Crippen LogP contribution in [0.25, 0.3) is 11.0 Å². The average Bonchev–Trinajstić information content (AvgIpc) is 3.32. The van der Waals surface area contributed by atoms with Crippen LogP contribution < -0.4 is 10.3 Å². The minimum atomic E-state index is -0.754. The summed E-state index contributed by atoms with van der Waals surface area (Å²) in [5.41, 5.74) is 0.772. The van der Waals surface area contributed by atoms with Gasteiger partial charge in [-0.05, 0) is 36.8 Å². The summed E-state index contributed by atoms with van der Waals surface area (Å²) >= 11 is 7.39. The molecule has 0 spiro atoms. The van der Waals surface area contributed by atoms with E-state index in [-0.39, 0.29) is 16.8 Å². The van der Waals surface area contributed by atoms with Crippen molar-refractivity contribution in [3.63, 3.8) is 0 Å². The molecule has 1 aliphatic rings. The SMILES string of the molecule is CCc1nnc(N2C(=O)c3oc4ccc(Cl)cc4c(=O)c3C2c2ccccn2)s1. The molecule has 4 heterocycles. The van der Waals surface area contributed by atoms with E-state index in [0.717, 1.165) is 5.01 Å². The largest absolute Gasteiger partial charge is 0.450 e. The molecule has 0 saturated heterocycles. The number of nitrogens with zero attached hydrogens (tertiary/aromatic N) is 4. The van der Waals surface area contributed by atoms with Crippen LogP contribution in [0, 0.1) is 0 Å². The number of amides is 1. The fourth-order valence-electron chi connectivity index (χ4n) is 3.44. The first-order valence-electron chi connectivity index (χ1n) is 8.91. The summed E-state index contributed by atoms with van der Waals surface area (Å²) in [7, 11) is 0. The molecule has 1 aromatic carbocycles. The van der Waals surface area contributed by atoms with Gasteiger partial charge in [0.05, 0.1) is 16.6 Å². The first-order valence-corrected chi connectivity index (χ1v) is 10.1. The third kappa shape index (κ3) is 2.75. The van der Waals surface area contributed by atoms with Gasteiger partial charge in [0.15, 0.2) is 5.43 Å². The maximum atomic E-state index is 13.4. The molecule has 4 aromatic rings. The van der Waals surface area contributed by atoms with Crippen LogP contribution in [-0.2, 0) is 6.42 Å². The number of fused-ring (bicyclic) bond motifs is 2. The van der Waals surface area contributed by atoms with Crippen LogP contribution in [0.2, 0.25) is 5.02 Å². The Morgan fingerprint density at radius 3 is 2.79 bits per heavy atom. The summed E-state index contributed by atoms with van der Waals surface area (Å²) < 4.78 is 5.87. The fourth-order valence-corrected chi connectivity index (χ4v) is 4.42. The van der Waals surface area contributed by atoms with Gasteiger partial charge in [-0.2, -0.15) is 0 Å². The number of carbonyl (C=O) groups excluding carboxylic acids is 1. The van der Waals surface area contributed by atoms with E-state index in [0.29, 0.717) is 33.2 Å². The van der Waals surface area contributed by atoms with Gasteiger partial charge >= 0.3 is 0 Å². The van der Waals surface area contributed by atoms with Crippen molar-refractivity contribution in [1.82, 2.24) is 15.2 Å². The molecule has 1 atom stereocenters. The van der Waals surface area contributed by atoms with E-state index in [1.165, 1.54) is 16.2 Å². The van der Waals surface area contributed by atoms with Crippen molar-refractivity contribution in [3.8, 4) is 0 Å². The van der Waals surface area contributed by atoms with E-state index in [2.05, 4.69) is 15.2 Å². The van der Waals surface area contributed by atoms with Crippen molar-refractivity contribution < 1.29 is 9.21 Å². The highest BCUT2D eigenvalue weighted by Gasteiger charge is 2.45. The highest BCUT2D eigenvalue weighted by Crippen LogP contribution is 2.41. The third-order valence-electron chi connectivity index (χ3n) is 4.76. The number of halogens is 1. The lowest BCUT2D eigenvalue weighted by Crippen LogP contribution is -2.30. The predicted molar refractivity (Wildman–Crippen MR) is 110 cm³/mol. The number of pyridine rings is 1. The first kappa shape index (κ1) is 18.0. The van der Waals surface area contributed by atoms with Crippen LogP contribution >= 0.6 is 22.9 Å². The van der Waals surface area contributed by atoms with E-state index in [1.807, 2.05) is 6.92 Å². The lowest BCUT2D eigenvalue weighted by atomic mass is 10.0. The molecular weight excluding hydrogens is 412 g/mol. The van der Waals surface area contributed by atoms with E-state index < -0.39 is 11.9 Å². The quantitative estimate of drug-likeness (QED) is 0.493. The van der Waals surface area contributed by atoms with Gasteiger partial charge in [0, 0.05) is 11.2 Å². The maximum absolute atomic E-state index is 13.4. The molecule has 3 aromatic heterocycles. The zero-order chi connectivity index (χ0) is 20.1. The molecule has 0 aliphatic carbocycles. The fraction of sp³-hybridized carbons (Fsp3) is 0.150. The second-order valence-electron chi connectivity index (χ2n) is 6.48. The zero-order valence-electron chi connectivity index (χ0n) is 15.1. The average molecular weight is 425 g/mol. The molecule has 9 heteroatoms. The number of rotatable bonds is 3. The number of hydrogen-bond acceptors (Lipinski definition) is 7. The summed E-state index contributed by atoms with van der Waals surface area (Å²) in [5, 5.41) is 10.2. The van der Waals surface area contributed by atoms with Crippen molar-refractivity contribution >= 4 is 44.9 Å². The highest BCUT2D eigenvalue weighted by molar-refractivity contribution is 7.15. The Morgan fingerprint density at radius 2 is 2.07 bits per heavy atom. The predicted octanol–water partition coefficient (Wildman–Crippen LogP) is 4.01. The van der Waals surface area contributed by atoms with Crippen molar-refractivity contribution in [2.75, 3.05) is 4.90 Å². The van der Waals surface area contributed by atoms with Gasteiger partial charge in [-0.25, -0.2) is 0 Å². The Balaban J connectivity index is 1.81. The lowest BCUT2D eigenvalue weighted by Gasteiger charge is -2.20. The Labute approximate surface area is 173 Å². The van der Waals surface area contributed by atoms with Gasteiger partial charge in [0.1, 0.15) is 16.6 Å². The molecule has 0 bridgehead atoms. The Kier molecular flexibility index (Phi) is 4.18. The number of carbonyl (C=O) groups is 1. The first-order chi connectivity index (χ1) is 14.1. The third-order valence-corrected chi connectivity index (χ3v) is 6.07. The van der Waals surface area contributed by atoms with Crippen LogP contribution in [0.5, 0.6) is 0 Å². The molecule has 29 heavy (non-hydrogen) atoms. The molecule has 0 saturated carbocycles. The Morgan fingerprint density at radius 1 is 1.21 bits per heavy atom. The second-order valence-corrected chi connectivity index (χ2v) is 7.96. The smallest absolute Gasteiger partial charge is 0.297 e. The maximum Gasteiger partial charge on any atom is 0.297 e. The van der Waals surface area contributed by atoms with Gasteiger partial charge < -0.3 is 4.42 Å². The highest BCUT2D eigenvalue weighted by atomic mass is 35.5. The number of aromatic nitrogens is 3. The summed E-state index contributed by atoms with van der Waals surface area (Å²) in [6.07, 6.45) is 2.31. The van der Waals surface area contributed by atoms with Crippen molar-refractivity contribution in [3.05, 3.63) is 79.9 Å². The van der Waals surface area contributed by atoms with Gasteiger partial charge in [0.25, 0.3) is 5.91 Å². The van der Waals surface area contributed by atoms with E-state index in [1.54, 1.807) is 42.6 Å². The van der Waals surface area contributed by atoms with E-state index in [9.17, 15) is 9.59 Å². The second kappa shape index (κ2) is 6.75. The molecule has 7 nitrogen and oxygen atoms in total. The molecule has 0 fully saturated rings. The number of hydrogen-bond donors (Lipinski definition) is 0. The number of benzene rings is 1. The van der Waals surface area contributed by atoms with E-state index in [4.69, 9.17) is 16.0 Å². The van der Waals surface area contributed by atoms with Gasteiger partial charge in [-0.15, -0.1) is 10.2 Å². The minimum Gasteiger partial charge on any atom is -0.450 e. The van der Waals surface area contributed by atoms with Crippen LogP contribution in [-0.4, -0.2) is 21.1 Å². The molecule has 1 amide bonds. The lowest BCUT2D eigenvalue weighted by molar-refractivity contribution is 0.0970. The molecule has 1 aliphatic heterocycles. The van der Waals surface area contributed by atoms with Crippen LogP contribution in [0.15, 0.2) is 51.8 Å². The molecule has 0 radical (unpaired) electrons. The zero-order valence-corrected chi connectivity index (χ0v) is 16.7. The molecule has 5 rings (SSSR count). The van der Waals surface area contributed by atoms with Crippen molar-refractivity contribution in [1.29, 1.82) is 0 Å². The Bertz CT molecular complexity index is 1320. The van der Waals surface area contributed by atoms with Gasteiger partial charge in [0.2, 0.25) is 10.9 Å². The van der Waals surface area contributed by atoms with Gasteiger partial charge in [-0.3, -0.25) is 19.5 Å². The molecule has 0 N–H and O–H groups in total. The molecular formula is C20H13ClN4O3S. The normalized spacial score (nSPS) is 15.9. The number of anilines is 1. The monoisotopic (exact) mass is 424 g/mol. The Hall–Kier alpha value is -3.10. The van der Waals surface area contributed by atoms with Crippen molar-refractivity contribution in [2.24, 2.45) is 0 Å². The molecule has 144 valence electrons. The van der Waals surface area contributed by atoms with Crippen LogP contribution in [0.1, 0.15) is 39.8 Å². The van der Waals surface area contributed by atoms with E-state index >= 15 is 0 Å². The van der Waals surface area contributed by atoms with Gasteiger partial charge in [-0.1, -0.05) is 35.9 Å². The summed E-state index contributed by atoms with van der Waals surface area (Å²) in [4.78, 5) is 32.5. The standard InChI is InChI=1S/C20H13ClN4O3S/c1-2-14-23-24-20(29-14)25-16(12-5-3-4-8-22-12)15-17(26)11-9-10(21)6-7-13(11)28-18(15)19(25)27/h3-9,16H,2H2,1H3. The minimum absolute atomic E-state index is 0.00581. The summed E-state index contributed by atoms with van der Waals surface area (Å²) in [6, 6.07) is 9.34. The van der Waals surface area contributed by atoms with Crippen molar-refractivity contribution in [2.45, 2.75) is 19.4 Å². The number of aryl methyl sites for hydroxylation is 1. The molecule has 1 unspecified atom stereocenters.